The van der Waals surface area contributed by atoms with Crippen LogP contribution in [0.25, 0.3) is 6.08 Å². The Balaban J connectivity index is 2.16. The fourth-order valence-electron chi connectivity index (χ4n) is 2.90. The van der Waals surface area contributed by atoms with Gasteiger partial charge in [0.1, 0.15) is 11.5 Å². The average molecular weight is 296 g/mol. The van der Waals surface area contributed by atoms with Crippen LogP contribution in [0.1, 0.15) is 33.4 Å². The van der Waals surface area contributed by atoms with Crippen molar-refractivity contribution < 1.29 is 9.84 Å². The number of hydrogen-bond donors (Lipinski definition) is 1. The summed E-state index contributed by atoms with van der Waals surface area (Å²) in [5.41, 5.74) is 6.56. The molecule has 2 heteroatoms. The van der Waals surface area contributed by atoms with E-state index in [4.69, 9.17) is 4.74 Å². The van der Waals surface area contributed by atoms with Gasteiger partial charge in [-0.15, -0.1) is 0 Å². The predicted octanol–water partition coefficient (Wildman–Crippen LogP) is 4.89. The van der Waals surface area contributed by atoms with E-state index >= 15 is 0 Å². The molecule has 0 amide bonds. The number of rotatable bonds is 4. The zero-order valence-electron chi connectivity index (χ0n) is 14.0. The van der Waals surface area contributed by atoms with Crippen molar-refractivity contribution in [1.82, 2.24) is 0 Å². The van der Waals surface area contributed by atoms with E-state index in [2.05, 4.69) is 38.1 Å². The van der Waals surface area contributed by atoms with Gasteiger partial charge in [-0.05, 0) is 79.6 Å². The summed E-state index contributed by atoms with van der Waals surface area (Å²) in [6, 6.07) is 8.35. The van der Waals surface area contributed by atoms with E-state index in [9.17, 15) is 5.11 Å². The van der Waals surface area contributed by atoms with Gasteiger partial charge in [0.15, 0.2) is 0 Å². The van der Waals surface area contributed by atoms with Crippen LogP contribution in [-0.4, -0.2) is 12.2 Å². The van der Waals surface area contributed by atoms with Crippen molar-refractivity contribution in [2.45, 2.75) is 34.1 Å². The van der Waals surface area contributed by atoms with Crippen LogP contribution >= 0.6 is 0 Å². The molecule has 2 aromatic rings. The van der Waals surface area contributed by atoms with Gasteiger partial charge < -0.3 is 9.84 Å². The first kappa shape index (κ1) is 16.2. The Morgan fingerprint density at radius 1 is 0.909 bits per heavy atom. The Morgan fingerprint density at radius 3 is 1.95 bits per heavy atom. The Morgan fingerprint density at radius 2 is 1.45 bits per heavy atom. The second-order valence-electron chi connectivity index (χ2n) is 5.87. The number of aromatic hydroxyl groups is 1. The molecule has 2 nitrogen and oxygen atoms in total. The van der Waals surface area contributed by atoms with Crippen LogP contribution in [0.15, 0.2) is 30.3 Å². The number of aryl methyl sites for hydroxylation is 4. The summed E-state index contributed by atoms with van der Waals surface area (Å²) in [7, 11) is 1.71. The van der Waals surface area contributed by atoms with Crippen LogP contribution in [0.3, 0.4) is 0 Å². The molecule has 0 saturated heterocycles. The highest BCUT2D eigenvalue weighted by atomic mass is 16.5. The van der Waals surface area contributed by atoms with Crippen molar-refractivity contribution >= 4 is 6.08 Å². The minimum atomic E-state index is 0.388. The minimum absolute atomic E-state index is 0.388. The molecule has 22 heavy (non-hydrogen) atoms. The predicted molar refractivity (Wildman–Crippen MR) is 92.8 cm³/mol. The van der Waals surface area contributed by atoms with E-state index in [1.165, 1.54) is 16.7 Å². The number of hydrogen-bond acceptors (Lipinski definition) is 2. The molecule has 0 unspecified atom stereocenters. The molecule has 1 N–H and O–H groups in total. The molecule has 0 fully saturated rings. The molecule has 0 aliphatic rings. The van der Waals surface area contributed by atoms with Gasteiger partial charge >= 0.3 is 0 Å². The first-order valence-corrected chi connectivity index (χ1v) is 7.53. The first-order chi connectivity index (χ1) is 10.4. The number of phenolic OH excluding ortho intramolecular Hbond substituents is 1. The number of methoxy groups -OCH3 is 1. The zero-order valence-corrected chi connectivity index (χ0v) is 14.0. The lowest BCUT2D eigenvalue weighted by Gasteiger charge is -2.10. The maximum atomic E-state index is 9.81. The maximum Gasteiger partial charge on any atom is 0.124 e. The average Bonchev–Trinajstić information content (AvgIpc) is 2.44. The molecule has 116 valence electrons. The smallest absolute Gasteiger partial charge is 0.124 e. The zero-order chi connectivity index (χ0) is 16.3. The molecule has 0 heterocycles. The minimum Gasteiger partial charge on any atom is -0.507 e. The summed E-state index contributed by atoms with van der Waals surface area (Å²) >= 11 is 0. The Labute approximate surface area is 133 Å². The summed E-state index contributed by atoms with van der Waals surface area (Å²) in [5.74, 6) is 1.36. The van der Waals surface area contributed by atoms with E-state index in [1.807, 2.05) is 26.0 Å². The normalized spacial score (nSPS) is 11.1. The number of phenols is 1. The lowest BCUT2D eigenvalue weighted by molar-refractivity contribution is 0.408. The summed E-state index contributed by atoms with van der Waals surface area (Å²) in [5, 5.41) is 9.81. The van der Waals surface area contributed by atoms with Gasteiger partial charge in [-0.25, -0.2) is 0 Å². The lowest BCUT2D eigenvalue weighted by Crippen LogP contribution is -1.93. The molecule has 2 aromatic carbocycles. The van der Waals surface area contributed by atoms with Crippen molar-refractivity contribution in [3.63, 3.8) is 0 Å². The van der Waals surface area contributed by atoms with E-state index < -0.39 is 0 Å². The molecule has 0 spiro atoms. The summed E-state index contributed by atoms with van der Waals surface area (Å²) in [6.07, 6.45) is 5.14. The quantitative estimate of drug-likeness (QED) is 0.870. The van der Waals surface area contributed by atoms with Crippen molar-refractivity contribution in [2.24, 2.45) is 0 Å². The van der Waals surface area contributed by atoms with E-state index in [0.29, 0.717) is 5.75 Å². The standard InChI is InChI=1S/C20H24O2/c1-13-9-17(10-14(2)19(13)21)7-6-8-18-11-15(3)20(22-5)16(4)12-18/h6-7,9-12,21H,8H2,1-5H3. The molecule has 0 radical (unpaired) electrons. The Bertz CT molecular complexity index is 666. The van der Waals surface area contributed by atoms with Crippen molar-refractivity contribution in [3.05, 3.63) is 63.7 Å². The molecule has 0 aliphatic carbocycles. The third-order valence-corrected chi connectivity index (χ3v) is 3.90. The third-order valence-electron chi connectivity index (χ3n) is 3.90. The van der Waals surface area contributed by atoms with Crippen LogP contribution in [0, 0.1) is 27.7 Å². The van der Waals surface area contributed by atoms with Crippen molar-refractivity contribution in [1.29, 1.82) is 0 Å². The molecule has 0 bridgehead atoms. The van der Waals surface area contributed by atoms with Gasteiger partial charge in [0.2, 0.25) is 0 Å². The highest BCUT2D eigenvalue weighted by Gasteiger charge is 2.04. The third kappa shape index (κ3) is 3.51. The Hall–Kier alpha value is -2.22. The summed E-state index contributed by atoms with van der Waals surface area (Å²) in [4.78, 5) is 0. The maximum absolute atomic E-state index is 9.81. The van der Waals surface area contributed by atoms with Gasteiger partial charge in [0, 0.05) is 0 Å². The van der Waals surface area contributed by atoms with Crippen LogP contribution in [0.4, 0.5) is 0 Å². The lowest BCUT2D eigenvalue weighted by atomic mass is 10.0. The van der Waals surface area contributed by atoms with E-state index in [-0.39, 0.29) is 0 Å². The second kappa shape index (κ2) is 6.69. The second-order valence-corrected chi connectivity index (χ2v) is 5.87. The van der Waals surface area contributed by atoms with Gasteiger partial charge in [0.25, 0.3) is 0 Å². The molecular weight excluding hydrogens is 272 g/mol. The molecule has 0 aliphatic heterocycles. The van der Waals surface area contributed by atoms with Gasteiger partial charge in [-0.1, -0.05) is 24.3 Å². The SMILES string of the molecule is COc1c(C)cc(CC=Cc2cc(C)c(O)c(C)c2)cc1C. The van der Waals surface area contributed by atoms with Crippen LogP contribution in [-0.2, 0) is 6.42 Å². The van der Waals surface area contributed by atoms with Crippen LogP contribution in [0.5, 0.6) is 11.5 Å². The van der Waals surface area contributed by atoms with Gasteiger partial charge in [-0.2, -0.15) is 0 Å². The molecule has 0 saturated carbocycles. The van der Waals surface area contributed by atoms with Gasteiger partial charge in [0.05, 0.1) is 7.11 Å². The van der Waals surface area contributed by atoms with Crippen LogP contribution in [0.2, 0.25) is 0 Å². The molecular formula is C20H24O2. The fraction of sp³-hybridized carbons (Fsp3) is 0.300. The summed E-state index contributed by atoms with van der Waals surface area (Å²) in [6.45, 7) is 8.00. The largest absolute Gasteiger partial charge is 0.507 e. The van der Waals surface area contributed by atoms with Crippen LogP contribution < -0.4 is 4.74 Å². The Kier molecular flexibility index (Phi) is 4.92. The molecule has 0 atom stereocenters. The van der Waals surface area contributed by atoms with Crippen molar-refractivity contribution in [3.8, 4) is 11.5 Å². The highest BCUT2D eigenvalue weighted by molar-refractivity contribution is 5.56. The number of ether oxygens (including phenoxy) is 1. The summed E-state index contributed by atoms with van der Waals surface area (Å²) < 4.78 is 5.40. The fourth-order valence-corrected chi connectivity index (χ4v) is 2.90. The van der Waals surface area contributed by atoms with E-state index in [1.54, 1.807) is 7.11 Å². The number of allylic oxidation sites excluding steroid dienone is 1. The first-order valence-electron chi connectivity index (χ1n) is 7.53. The molecule has 2 rings (SSSR count). The van der Waals surface area contributed by atoms with E-state index in [0.717, 1.165) is 28.9 Å². The monoisotopic (exact) mass is 296 g/mol. The van der Waals surface area contributed by atoms with Crippen molar-refractivity contribution in [2.75, 3.05) is 7.11 Å². The van der Waals surface area contributed by atoms with Gasteiger partial charge in [-0.3, -0.25) is 0 Å². The topological polar surface area (TPSA) is 29.5 Å². The highest BCUT2D eigenvalue weighted by Crippen LogP contribution is 2.25. The number of benzene rings is 2. The molecule has 0 aromatic heterocycles.